The first-order valence-corrected chi connectivity index (χ1v) is 4.80. The van der Waals surface area contributed by atoms with Crippen LogP contribution in [0.25, 0.3) is 0 Å². The zero-order valence-electron chi connectivity index (χ0n) is 8.34. The van der Waals surface area contributed by atoms with Gasteiger partial charge in [-0.2, -0.15) is 0 Å². The lowest BCUT2D eigenvalue weighted by Crippen LogP contribution is -2.10. The molecule has 12 heavy (non-hydrogen) atoms. The summed E-state index contributed by atoms with van der Waals surface area (Å²) in [6.07, 6.45) is 4.27. The third-order valence-corrected chi connectivity index (χ3v) is 2.30. The molecule has 0 aromatic carbocycles. The zero-order valence-corrected chi connectivity index (χ0v) is 8.34. The summed E-state index contributed by atoms with van der Waals surface area (Å²) >= 11 is 0. The molecule has 0 aliphatic rings. The van der Waals surface area contributed by atoms with Crippen LogP contribution in [0.3, 0.4) is 0 Å². The quantitative estimate of drug-likeness (QED) is 0.668. The lowest BCUT2D eigenvalue weighted by atomic mass is 9.95. The monoisotopic (exact) mass is 172 g/mol. The van der Waals surface area contributed by atoms with E-state index in [2.05, 4.69) is 13.8 Å². The van der Waals surface area contributed by atoms with Crippen molar-refractivity contribution >= 4 is 5.97 Å². The van der Waals surface area contributed by atoms with E-state index in [4.69, 9.17) is 5.11 Å². The number of carbonyl (C=O) groups is 1. The van der Waals surface area contributed by atoms with E-state index in [0.29, 0.717) is 5.92 Å². The third kappa shape index (κ3) is 5.16. The van der Waals surface area contributed by atoms with E-state index in [9.17, 15) is 4.79 Å². The third-order valence-electron chi connectivity index (χ3n) is 2.30. The predicted molar refractivity (Wildman–Crippen MR) is 50.1 cm³/mol. The van der Waals surface area contributed by atoms with Crippen molar-refractivity contribution in [3.63, 3.8) is 0 Å². The normalized spacial score (nSPS) is 15.6. The Morgan fingerprint density at radius 3 is 2.25 bits per heavy atom. The van der Waals surface area contributed by atoms with Gasteiger partial charge in [-0.05, 0) is 18.8 Å². The summed E-state index contributed by atoms with van der Waals surface area (Å²) in [5, 5.41) is 8.62. The second kappa shape index (κ2) is 6.04. The highest BCUT2D eigenvalue weighted by Crippen LogP contribution is 2.16. The second-order valence-corrected chi connectivity index (χ2v) is 3.71. The van der Waals surface area contributed by atoms with Gasteiger partial charge in [0.2, 0.25) is 0 Å². The topological polar surface area (TPSA) is 37.3 Å². The molecule has 0 fully saturated rings. The van der Waals surface area contributed by atoms with Crippen LogP contribution in [-0.4, -0.2) is 11.1 Å². The summed E-state index contributed by atoms with van der Waals surface area (Å²) in [4.78, 5) is 10.5. The smallest absolute Gasteiger partial charge is 0.306 e. The SMILES string of the molecule is CCCC(C)CCC(C)C(=O)O. The number of aliphatic carboxylic acids is 1. The molecule has 0 saturated heterocycles. The Morgan fingerprint density at radius 2 is 1.83 bits per heavy atom. The Bertz CT molecular complexity index is 132. The van der Waals surface area contributed by atoms with Crippen LogP contribution >= 0.6 is 0 Å². The molecular formula is C10H20O2. The molecule has 0 aliphatic heterocycles. The summed E-state index contributed by atoms with van der Waals surface area (Å²) in [5.41, 5.74) is 0. The number of rotatable bonds is 6. The van der Waals surface area contributed by atoms with Crippen molar-refractivity contribution in [1.29, 1.82) is 0 Å². The first-order valence-electron chi connectivity index (χ1n) is 4.80. The summed E-state index contributed by atoms with van der Waals surface area (Å²) in [7, 11) is 0. The minimum Gasteiger partial charge on any atom is -0.481 e. The van der Waals surface area contributed by atoms with Gasteiger partial charge < -0.3 is 5.11 Å². The Morgan fingerprint density at radius 1 is 1.25 bits per heavy atom. The average Bonchev–Trinajstić information content (AvgIpc) is 2.00. The van der Waals surface area contributed by atoms with Crippen LogP contribution in [0.5, 0.6) is 0 Å². The fraction of sp³-hybridized carbons (Fsp3) is 0.900. The molecule has 0 rings (SSSR count). The van der Waals surface area contributed by atoms with Crippen LogP contribution in [0.2, 0.25) is 0 Å². The molecular weight excluding hydrogens is 152 g/mol. The van der Waals surface area contributed by atoms with Crippen LogP contribution < -0.4 is 0 Å². The predicted octanol–water partition coefficient (Wildman–Crippen LogP) is 2.92. The van der Waals surface area contributed by atoms with Gasteiger partial charge in [0, 0.05) is 0 Å². The van der Waals surface area contributed by atoms with E-state index in [0.717, 1.165) is 12.8 Å². The summed E-state index contributed by atoms with van der Waals surface area (Å²) in [5.74, 6) is -0.167. The van der Waals surface area contributed by atoms with Gasteiger partial charge in [0.15, 0.2) is 0 Å². The molecule has 0 radical (unpaired) electrons. The molecule has 0 spiro atoms. The number of hydrogen-bond acceptors (Lipinski definition) is 1. The molecule has 2 unspecified atom stereocenters. The number of carboxylic acids is 1. The highest BCUT2D eigenvalue weighted by Gasteiger charge is 2.11. The van der Waals surface area contributed by atoms with Gasteiger partial charge in [0.05, 0.1) is 5.92 Å². The maximum absolute atomic E-state index is 10.5. The van der Waals surface area contributed by atoms with Crippen molar-refractivity contribution in [2.24, 2.45) is 11.8 Å². The Labute approximate surface area is 75.0 Å². The minimum atomic E-state index is -0.668. The molecule has 0 amide bonds. The summed E-state index contributed by atoms with van der Waals surface area (Å²) in [6, 6.07) is 0. The second-order valence-electron chi connectivity index (χ2n) is 3.71. The molecule has 2 nitrogen and oxygen atoms in total. The highest BCUT2D eigenvalue weighted by molar-refractivity contribution is 5.69. The average molecular weight is 172 g/mol. The summed E-state index contributed by atoms with van der Waals surface area (Å²) in [6.45, 7) is 6.14. The first-order chi connectivity index (χ1) is 5.57. The molecule has 2 heteroatoms. The molecule has 0 saturated carbocycles. The van der Waals surface area contributed by atoms with Crippen molar-refractivity contribution in [3.8, 4) is 0 Å². The molecule has 2 atom stereocenters. The van der Waals surface area contributed by atoms with Crippen LogP contribution in [0.15, 0.2) is 0 Å². The van der Waals surface area contributed by atoms with E-state index in [1.54, 1.807) is 6.92 Å². The van der Waals surface area contributed by atoms with E-state index in [1.165, 1.54) is 12.8 Å². The molecule has 1 N–H and O–H groups in total. The molecule has 0 aromatic rings. The number of carboxylic acid groups (broad SMARTS) is 1. The minimum absolute atomic E-state index is 0.177. The lowest BCUT2D eigenvalue weighted by molar-refractivity contribution is -0.141. The zero-order chi connectivity index (χ0) is 9.56. The van der Waals surface area contributed by atoms with Crippen LogP contribution in [0, 0.1) is 11.8 Å². The standard InChI is InChI=1S/C10H20O2/c1-4-5-8(2)6-7-9(3)10(11)12/h8-9H,4-7H2,1-3H3,(H,11,12). The maximum atomic E-state index is 10.5. The van der Waals surface area contributed by atoms with Crippen molar-refractivity contribution in [2.75, 3.05) is 0 Å². The van der Waals surface area contributed by atoms with Crippen LogP contribution in [0.1, 0.15) is 46.5 Å². The Kier molecular flexibility index (Phi) is 5.77. The van der Waals surface area contributed by atoms with Crippen molar-refractivity contribution in [1.82, 2.24) is 0 Å². The molecule has 0 aromatic heterocycles. The Balaban J connectivity index is 3.46. The van der Waals surface area contributed by atoms with Gasteiger partial charge in [0.1, 0.15) is 0 Å². The van der Waals surface area contributed by atoms with E-state index in [1.807, 2.05) is 0 Å². The van der Waals surface area contributed by atoms with Crippen LogP contribution in [-0.2, 0) is 4.79 Å². The Hall–Kier alpha value is -0.530. The van der Waals surface area contributed by atoms with E-state index in [-0.39, 0.29) is 5.92 Å². The fourth-order valence-corrected chi connectivity index (χ4v) is 1.30. The van der Waals surface area contributed by atoms with Gasteiger partial charge in [-0.3, -0.25) is 4.79 Å². The van der Waals surface area contributed by atoms with E-state index < -0.39 is 5.97 Å². The molecule has 0 heterocycles. The molecule has 72 valence electrons. The first kappa shape index (κ1) is 11.5. The fourth-order valence-electron chi connectivity index (χ4n) is 1.30. The number of hydrogen-bond donors (Lipinski definition) is 1. The lowest BCUT2D eigenvalue weighted by Gasteiger charge is -2.11. The van der Waals surface area contributed by atoms with Crippen LogP contribution in [0.4, 0.5) is 0 Å². The van der Waals surface area contributed by atoms with Gasteiger partial charge >= 0.3 is 5.97 Å². The van der Waals surface area contributed by atoms with Gasteiger partial charge in [-0.1, -0.05) is 33.6 Å². The van der Waals surface area contributed by atoms with E-state index >= 15 is 0 Å². The molecule has 0 aliphatic carbocycles. The molecule has 0 bridgehead atoms. The van der Waals surface area contributed by atoms with Gasteiger partial charge in [-0.25, -0.2) is 0 Å². The maximum Gasteiger partial charge on any atom is 0.306 e. The van der Waals surface area contributed by atoms with Crippen molar-refractivity contribution in [2.45, 2.75) is 46.5 Å². The summed E-state index contributed by atoms with van der Waals surface area (Å²) < 4.78 is 0. The highest BCUT2D eigenvalue weighted by atomic mass is 16.4. The van der Waals surface area contributed by atoms with Crippen molar-refractivity contribution < 1.29 is 9.90 Å². The largest absolute Gasteiger partial charge is 0.481 e. The van der Waals surface area contributed by atoms with Gasteiger partial charge in [0.25, 0.3) is 0 Å². The van der Waals surface area contributed by atoms with Crippen molar-refractivity contribution in [3.05, 3.63) is 0 Å². The van der Waals surface area contributed by atoms with Gasteiger partial charge in [-0.15, -0.1) is 0 Å².